The Morgan fingerprint density at radius 1 is 1.00 bits per heavy atom. The van der Waals surface area contributed by atoms with Gasteiger partial charge >= 0.3 is 0 Å². The third-order valence-electron chi connectivity index (χ3n) is 5.24. The van der Waals surface area contributed by atoms with E-state index in [1.807, 2.05) is 0 Å². The third kappa shape index (κ3) is 4.86. The van der Waals surface area contributed by atoms with Crippen LogP contribution in [0.1, 0.15) is 25.0 Å². The summed E-state index contributed by atoms with van der Waals surface area (Å²) < 4.78 is 46.1. The Morgan fingerprint density at radius 3 is 2.42 bits per heavy atom. The van der Waals surface area contributed by atoms with E-state index >= 15 is 0 Å². The van der Waals surface area contributed by atoms with E-state index in [4.69, 9.17) is 4.42 Å². The molecule has 0 radical (unpaired) electrons. The quantitative estimate of drug-likeness (QED) is 0.587. The van der Waals surface area contributed by atoms with Gasteiger partial charge in [-0.2, -0.15) is 4.31 Å². The van der Waals surface area contributed by atoms with Gasteiger partial charge in [-0.05, 0) is 61.4 Å². The Bertz CT molecular complexity index is 1170. The molecular formula is C23H23FN2O4S. The van der Waals surface area contributed by atoms with Gasteiger partial charge in [0, 0.05) is 31.6 Å². The molecule has 1 aromatic heterocycles. The number of rotatable bonds is 7. The minimum atomic E-state index is -3.47. The van der Waals surface area contributed by atoms with Gasteiger partial charge in [-0.25, -0.2) is 12.8 Å². The predicted molar refractivity (Wildman–Crippen MR) is 115 cm³/mol. The van der Waals surface area contributed by atoms with Crippen LogP contribution in [0.2, 0.25) is 0 Å². The monoisotopic (exact) mass is 442 g/mol. The molecule has 1 amide bonds. The lowest BCUT2D eigenvalue weighted by molar-refractivity contribution is -0.116. The second kappa shape index (κ2) is 9.03. The van der Waals surface area contributed by atoms with Crippen molar-refractivity contribution >= 4 is 21.6 Å². The number of carbonyl (C=O) groups is 1. The van der Waals surface area contributed by atoms with Crippen LogP contribution in [0.15, 0.2) is 70.0 Å². The number of aryl methyl sites for hydroxylation is 1. The minimum absolute atomic E-state index is 0.179. The van der Waals surface area contributed by atoms with Crippen molar-refractivity contribution in [3.8, 4) is 11.3 Å². The first-order chi connectivity index (χ1) is 14.9. The lowest BCUT2D eigenvalue weighted by Crippen LogP contribution is -2.27. The van der Waals surface area contributed by atoms with Crippen LogP contribution in [0.5, 0.6) is 0 Å². The number of furan rings is 1. The Balaban J connectivity index is 1.33. The number of sulfonamides is 1. The highest BCUT2D eigenvalue weighted by atomic mass is 32.2. The maximum Gasteiger partial charge on any atom is 0.243 e. The fourth-order valence-electron chi connectivity index (χ4n) is 3.57. The summed E-state index contributed by atoms with van der Waals surface area (Å²) in [6.07, 6.45) is 2.30. The van der Waals surface area contributed by atoms with Gasteiger partial charge in [0.25, 0.3) is 0 Å². The van der Waals surface area contributed by atoms with E-state index in [0.29, 0.717) is 42.3 Å². The molecule has 0 saturated carbocycles. The van der Waals surface area contributed by atoms with Crippen LogP contribution in [-0.2, 0) is 21.2 Å². The number of amides is 1. The first-order valence-electron chi connectivity index (χ1n) is 10.2. The lowest BCUT2D eigenvalue weighted by Gasteiger charge is -2.15. The Hall–Kier alpha value is -2.97. The van der Waals surface area contributed by atoms with Crippen LogP contribution in [0.25, 0.3) is 11.3 Å². The van der Waals surface area contributed by atoms with E-state index in [-0.39, 0.29) is 23.0 Å². The van der Waals surface area contributed by atoms with Crippen molar-refractivity contribution in [2.75, 3.05) is 18.4 Å². The molecule has 0 aliphatic carbocycles. The van der Waals surface area contributed by atoms with Gasteiger partial charge in [-0.1, -0.05) is 12.1 Å². The number of hydrogen-bond acceptors (Lipinski definition) is 4. The number of nitrogens with zero attached hydrogens (tertiary/aromatic N) is 1. The fourth-order valence-corrected chi connectivity index (χ4v) is 5.08. The largest absolute Gasteiger partial charge is 0.461 e. The molecule has 0 bridgehead atoms. The first kappa shape index (κ1) is 21.3. The average Bonchev–Trinajstić information content (AvgIpc) is 3.46. The molecule has 1 N–H and O–H groups in total. The summed E-state index contributed by atoms with van der Waals surface area (Å²) in [5, 5.41) is 2.76. The van der Waals surface area contributed by atoms with Crippen LogP contribution in [0, 0.1) is 5.82 Å². The molecule has 1 fully saturated rings. The molecule has 1 aliphatic heterocycles. The summed E-state index contributed by atoms with van der Waals surface area (Å²) in [6, 6.07) is 16.0. The van der Waals surface area contributed by atoms with E-state index in [2.05, 4.69) is 5.32 Å². The normalized spacial score (nSPS) is 14.6. The highest BCUT2D eigenvalue weighted by molar-refractivity contribution is 7.89. The van der Waals surface area contributed by atoms with Crippen LogP contribution in [-0.4, -0.2) is 31.7 Å². The van der Waals surface area contributed by atoms with Gasteiger partial charge in [0.15, 0.2) is 0 Å². The lowest BCUT2D eigenvalue weighted by atomic mass is 10.1. The van der Waals surface area contributed by atoms with Gasteiger partial charge in [0.1, 0.15) is 17.3 Å². The Kier molecular flexibility index (Phi) is 6.20. The SMILES string of the molecule is O=C(CCc1ccc(-c2ccccc2F)o1)Nc1ccc(S(=O)(=O)N2CCCC2)cc1. The standard InChI is InChI=1S/C23H23FN2O4S/c24-21-6-2-1-5-20(21)22-13-9-18(30-22)10-14-23(27)25-17-7-11-19(12-8-17)31(28,29)26-15-3-4-16-26/h1-2,5-9,11-13H,3-4,10,14-16H2,(H,25,27). The van der Waals surface area contributed by atoms with Crippen LogP contribution in [0.4, 0.5) is 10.1 Å². The van der Waals surface area contributed by atoms with Crippen LogP contribution >= 0.6 is 0 Å². The van der Waals surface area contributed by atoms with Crippen LogP contribution < -0.4 is 5.32 Å². The van der Waals surface area contributed by atoms with Crippen LogP contribution in [0.3, 0.4) is 0 Å². The van der Waals surface area contributed by atoms with Gasteiger partial charge in [0.2, 0.25) is 15.9 Å². The molecule has 8 heteroatoms. The molecule has 0 spiro atoms. The van der Waals surface area contributed by atoms with E-state index in [9.17, 15) is 17.6 Å². The van der Waals surface area contributed by atoms with Crippen molar-refractivity contribution in [2.45, 2.75) is 30.6 Å². The molecule has 31 heavy (non-hydrogen) atoms. The molecular weight excluding hydrogens is 419 g/mol. The smallest absolute Gasteiger partial charge is 0.243 e. The number of nitrogens with one attached hydrogen (secondary N) is 1. The molecule has 3 aromatic rings. The molecule has 0 unspecified atom stereocenters. The van der Waals surface area contributed by atoms with E-state index in [0.717, 1.165) is 12.8 Å². The number of anilines is 1. The highest BCUT2D eigenvalue weighted by Crippen LogP contribution is 2.26. The molecule has 2 heterocycles. The maximum absolute atomic E-state index is 13.9. The van der Waals surface area contributed by atoms with E-state index in [1.165, 1.54) is 22.5 Å². The zero-order chi connectivity index (χ0) is 21.8. The van der Waals surface area contributed by atoms with Crippen molar-refractivity contribution in [1.29, 1.82) is 0 Å². The van der Waals surface area contributed by atoms with Crippen molar-refractivity contribution in [3.05, 3.63) is 72.2 Å². The van der Waals surface area contributed by atoms with Crippen molar-refractivity contribution < 1.29 is 22.0 Å². The molecule has 162 valence electrons. The molecule has 4 rings (SSSR count). The number of halogens is 1. The zero-order valence-electron chi connectivity index (χ0n) is 16.9. The molecule has 1 aliphatic rings. The summed E-state index contributed by atoms with van der Waals surface area (Å²) in [5.74, 6) is 0.416. The van der Waals surface area contributed by atoms with Gasteiger partial charge in [0.05, 0.1) is 10.5 Å². The van der Waals surface area contributed by atoms with E-state index in [1.54, 1.807) is 42.5 Å². The molecule has 0 atom stereocenters. The second-order valence-electron chi connectivity index (χ2n) is 7.43. The molecule has 2 aromatic carbocycles. The average molecular weight is 443 g/mol. The summed E-state index contributed by atoms with van der Waals surface area (Å²) >= 11 is 0. The molecule has 1 saturated heterocycles. The minimum Gasteiger partial charge on any atom is -0.461 e. The summed E-state index contributed by atoms with van der Waals surface area (Å²) in [7, 11) is -3.47. The van der Waals surface area contributed by atoms with E-state index < -0.39 is 10.0 Å². The summed E-state index contributed by atoms with van der Waals surface area (Å²) in [4.78, 5) is 12.5. The Morgan fingerprint density at radius 2 is 1.71 bits per heavy atom. The second-order valence-corrected chi connectivity index (χ2v) is 9.37. The number of hydrogen-bond donors (Lipinski definition) is 1. The zero-order valence-corrected chi connectivity index (χ0v) is 17.7. The van der Waals surface area contributed by atoms with Gasteiger partial charge < -0.3 is 9.73 Å². The summed E-state index contributed by atoms with van der Waals surface area (Å²) in [6.45, 7) is 1.10. The predicted octanol–water partition coefficient (Wildman–Crippen LogP) is 4.44. The Labute approximate surface area is 180 Å². The third-order valence-corrected chi connectivity index (χ3v) is 7.15. The molecule has 6 nitrogen and oxygen atoms in total. The van der Waals surface area contributed by atoms with Crippen molar-refractivity contribution in [1.82, 2.24) is 4.31 Å². The fraction of sp³-hybridized carbons (Fsp3) is 0.261. The number of benzene rings is 2. The first-order valence-corrected chi connectivity index (χ1v) is 11.6. The van der Waals surface area contributed by atoms with Crippen molar-refractivity contribution in [3.63, 3.8) is 0 Å². The van der Waals surface area contributed by atoms with Crippen molar-refractivity contribution in [2.24, 2.45) is 0 Å². The maximum atomic E-state index is 13.9. The highest BCUT2D eigenvalue weighted by Gasteiger charge is 2.26. The van der Waals surface area contributed by atoms with Gasteiger partial charge in [-0.3, -0.25) is 4.79 Å². The summed E-state index contributed by atoms with van der Waals surface area (Å²) in [5.41, 5.74) is 0.902. The van der Waals surface area contributed by atoms with Gasteiger partial charge in [-0.15, -0.1) is 0 Å². The number of carbonyl (C=O) groups excluding carboxylic acids is 1. The topological polar surface area (TPSA) is 79.6 Å².